The molecule has 2 rings (SSSR count). The third kappa shape index (κ3) is 3.26. The lowest BCUT2D eigenvalue weighted by molar-refractivity contribution is 0.978. The van der Waals surface area contributed by atoms with Crippen molar-refractivity contribution in [2.45, 2.75) is 0 Å². The van der Waals surface area contributed by atoms with E-state index in [1.807, 2.05) is 60.7 Å². The van der Waals surface area contributed by atoms with Gasteiger partial charge >= 0.3 is 0 Å². The van der Waals surface area contributed by atoms with Crippen LogP contribution >= 0.6 is 0 Å². The Kier molecular flexibility index (Phi) is 4.18. The van der Waals surface area contributed by atoms with Crippen molar-refractivity contribution in [2.75, 3.05) is 4.90 Å². The zero-order valence-electron chi connectivity index (χ0n) is 10.8. The van der Waals surface area contributed by atoms with Crippen LogP contribution in [0.1, 0.15) is 0 Å². The van der Waals surface area contributed by atoms with Gasteiger partial charge in [-0.1, -0.05) is 36.4 Å². The van der Waals surface area contributed by atoms with Gasteiger partial charge in [-0.25, -0.2) is 5.43 Å². The van der Waals surface area contributed by atoms with Crippen LogP contribution in [0.2, 0.25) is 0 Å². The van der Waals surface area contributed by atoms with Gasteiger partial charge in [0.2, 0.25) is 11.9 Å². The Hall–Kier alpha value is -3.02. The molecule has 0 atom stereocenters. The summed E-state index contributed by atoms with van der Waals surface area (Å²) in [6.45, 7) is 0. The minimum absolute atomic E-state index is 0.192. The van der Waals surface area contributed by atoms with Crippen molar-refractivity contribution in [3.63, 3.8) is 0 Å². The van der Waals surface area contributed by atoms with Crippen LogP contribution in [0.15, 0.2) is 65.8 Å². The Balaban J connectivity index is 2.40. The normalized spacial score (nSPS) is 10.9. The van der Waals surface area contributed by atoms with E-state index < -0.39 is 0 Å². The van der Waals surface area contributed by atoms with Gasteiger partial charge in [-0.05, 0) is 24.3 Å². The third-order valence-corrected chi connectivity index (χ3v) is 2.55. The molecule has 0 radical (unpaired) electrons. The predicted molar refractivity (Wildman–Crippen MR) is 81.7 cm³/mol. The van der Waals surface area contributed by atoms with Crippen molar-refractivity contribution in [1.29, 1.82) is 5.41 Å². The number of guanidine groups is 2. The largest absolute Gasteiger partial charge is 0.369 e. The quantitative estimate of drug-likeness (QED) is 0.385. The van der Waals surface area contributed by atoms with Crippen LogP contribution < -0.4 is 21.8 Å². The fourth-order valence-electron chi connectivity index (χ4n) is 1.74. The Morgan fingerprint density at radius 1 is 0.900 bits per heavy atom. The molecule has 0 spiro atoms. The maximum atomic E-state index is 7.12. The van der Waals surface area contributed by atoms with Gasteiger partial charge in [0.25, 0.3) is 0 Å². The smallest absolute Gasteiger partial charge is 0.223 e. The van der Waals surface area contributed by atoms with Crippen LogP contribution in [0.4, 0.5) is 11.4 Å². The highest BCUT2D eigenvalue weighted by molar-refractivity contribution is 6.02. The van der Waals surface area contributed by atoms with Crippen molar-refractivity contribution < 1.29 is 0 Å². The van der Waals surface area contributed by atoms with Gasteiger partial charge in [0.1, 0.15) is 0 Å². The van der Waals surface area contributed by atoms with Gasteiger partial charge in [0, 0.05) is 11.4 Å². The maximum Gasteiger partial charge on any atom is 0.223 e. The number of nitrogens with one attached hydrogen (secondary N) is 2. The van der Waals surface area contributed by atoms with Crippen LogP contribution in [-0.2, 0) is 0 Å². The predicted octanol–water partition coefficient (Wildman–Crippen LogP) is 1.54. The Labute approximate surface area is 117 Å². The molecule has 20 heavy (non-hydrogen) atoms. The van der Waals surface area contributed by atoms with Crippen molar-refractivity contribution in [2.24, 2.45) is 16.6 Å². The molecule has 0 saturated heterocycles. The van der Waals surface area contributed by atoms with E-state index in [2.05, 4.69) is 10.5 Å². The van der Waals surface area contributed by atoms with Gasteiger partial charge in [0.15, 0.2) is 0 Å². The maximum absolute atomic E-state index is 7.12. The van der Waals surface area contributed by atoms with Crippen LogP contribution in [-0.4, -0.2) is 11.9 Å². The second-order valence-corrected chi connectivity index (χ2v) is 4.00. The fourth-order valence-corrected chi connectivity index (χ4v) is 1.74. The minimum atomic E-state index is -0.269. The van der Waals surface area contributed by atoms with Gasteiger partial charge in [-0.15, -0.1) is 5.10 Å². The van der Waals surface area contributed by atoms with Crippen molar-refractivity contribution in [3.8, 4) is 0 Å². The summed E-state index contributed by atoms with van der Waals surface area (Å²) in [5.74, 6) is -0.0772. The second-order valence-electron chi connectivity index (χ2n) is 4.00. The molecular weight excluding hydrogens is 252 g/mol. The Bertz CT molecular complexity index is 554. The van der Waals surface area contributed by atoms with E-state index in [-0.39, 0.29) is 11.9 Å². The van der Waals surface area contributed by atoms with Crippen LogP contribution in [0.25, 0.3) is 0 Å². The monoisotopic (exact) mass is 268 g/mol. The molecule has 0 bridgehead atoms. The number of nitrogens with zero attached hydrogens (tertiary/aromatic N) is 2. The molecule has 6 N–H and O–H groups in total. The van der Waals surface area contributed by atoms with E-state index in [1.54, 1.807) is 4.90 Å². The molecule has 0 aliphatic rings. The number of hydrogen-bond donors (Lipinski definition) is 4. The zero-order valence-corrected chi connectivity index (χ0v) is 10.8. The Morgan fingerprint density at radius 2 is 1.35 bits per heavy atom. The highest BCUT2D eigenvalue weighted by Crippen LogP contribution is 2.24. The highest BCUT2D eigenvalue weighted by atomic mass is 15.4. The van der Waals surface area contributed by atoms with Gasteiger partial charge in [0.05, 0.1) is 0 Å². The summed E-state index contributed by atoms with van der Waals surface area (Å²) < 4.78 is 0. The molecule has 6 nitrogen and oxygen atoms in total. The zero-order chi connectivity index (χ0) is 14.4. The van der Waals surface area contributed by atoms with Crippen LogP contribution in [0, 0.1) is 5.41 Å². The highest BCUT2D eigenvalue weighted by Gasteiger charge is 2.12. The molecule has 2 aromatic rings. The van der Waals surface area contributed by atoms with Crippen molar-refractivity contribution >= 4 is 23.3 Å². The summed E-state index contributed by atoms with van der Waals surface area (Å²) in [4.78, 5) is 1.76. The first-order valence-electron chi connectivity index (χ1n) is 6.02. The average Bonchev–Trinajstić information content (AvgIpc) is 2.48. The number of para-hydroxylation sites is 2. The van der Waals surface area contributed by atoms with Gasteiger partial charge < -0.3 is 11.5 Å². The summed E-state index contributed by atoms with van der Waals surface area (Å²) in [7, 11) is 0. The van der Waals surface area contributed by atoms with E-state index in [9.17, 15) is 0 Å². The van der Waals surface area contributed by atoms with Crippen molar-refractivity contribution in [1.82, 2.24) is 5.43 Å². The number of rotatable bonds is 3. The molecule has 0 aliphatic heterocycles. The number of anilines is 2. The molecule has 0 aromatic heterocycles. The topological polar surface area (TPSA) is 104 Å². The molecule has 102 valence electrons. The summed E-state index contributed by atoms with van der Waals surface area (Å²) in [6.07, 6.45) is 0. The number of hydrogen-bond acceptors (Lipinski definition) is 2. The van der Waals surface area contributed by atoms with E-state index in [1.165, 1.54) is 0 Å². The van der Waals surface area contributed by atoms with E-state index in [0.29, 0.717) is 0 Å². The van der Waals surface area contributed by atoms with E-state index in [0.717, 1.165) is 11.4 Å². The summed E-state index contributed by atoms with van der Waals surface area (Å²) in [5.41, 5.74) is 15.3. The van der Waals surface area contributed by atoms with E-state index in [4.69, 9.17) is 16.9 Å². The fraction of sp³-hybridized carbons (Fsp3) is 0. The first-order chi connectivity index (χ1) is 9.68. The molecule has 0 heterocycles. The van der Waals surface area contributed by atoms with Crippen LogP contribution in [0.3, 0.4) is 0 Å². The third-order valence-electron chi connectivity index (χ3n) is 2.55. The Morgan fingerprint density at radius 3 is 1.75 bits per heavy atom. The lowest BCUT2D eigenvalue weighted by Crippen LogP contribution is -2.37. The SMILES string of the molecule is N=C(N)NN=C(N)N(c1ccccc1)c1ccccc1. The van der Waals surface area contributed by atoms with Crippen molar-refractivity contribution in [3.05, 3.63) is 60.7 Å². The van der Waals surface area contributed by atoms with E-state index >= 15 is 0 Å². The molecule has 0 aliphatic carbocycles. The van der Waals surface area contributed by atoms with Gasteiger partial charge in [-0.2, -0.15) is 0 Å². The second kappa shape index (κ2) is 6.24. The van der Waals surface area contributed by atoms with Crippen LogP contribution in [0.5, 0.6) is 0 Å². The molecule has 0 fully saturated rings. The molecule has 0 saturated carbocycles. The van der Waals surface area contributed by atoms with Gasteiger partial charge in [-0.3, -0.25) is 10.3 Å². The lowest BCUT2D eigenvalue weighted by Gasteiger charge is -2.23. The molecule has 0 amide bonds. The molecular formula is C14H16N6. The number of hydrazone groups is 1. The average molecular weight is 268 g/mol. The lowest BCUT2D eigenvalue weighted by atomic mass is 10.2. The first kappa shape index (κ1) is 13.4. The molecule has 2 aromatic carbocycles. The molecule has 0 unspecified atom stereocenters. The molecule has 6 heteroatoms. The minimum Gasteiger partial charge on any atom is -0.369 e. The summed E-state index contributed by atoms with van der Waals surface area (Å²) in [6, 6.07) is 19.2. The first-order valence-corrected chi connectivity index (χ1v) is 6.02. The summed E-state index contributed by atoms with van der Waals surface area (Å²) in [5, 5.41) is 11.0. The number of benzene rings is 2. The number of nitrogens with two attached hydrogens (primary N) is 2. The summed E-state index contributed by atoms with van der Waals surface area (Å²) >= 11 is 0. The standard InChI is InChI=1S/C14H16N6/c15-13(16)18-19-14(17)20(11-7-3-1-4-8-11)12-9-5-2-6-10-12/h1-10H,(H2,17,19)(H4,15,16,18).